The van der Waals surface area contributed by atoms with Crippen LogP contribution in [0.15, 0.2) is 36.5 Å². The third kappa shape index (κ3) is 6.13. The summed E-state index contributed by atoms with van der Waals surface area (Å²) in [6.45, 7) is 2.23. The van der Waals surface area contributed by atoms with Crippen LogP contribution in [0, 0.1) is 0 Å². The van der Waals surface area contributed by atoms with Gasteiger partial charge in [-0.15, -0.1) is 0 Å². The molecule has 0 spiro atoms. The first-order chi connectivity index (χ1) is 11.3. The quantitative estimate of drug-likeness (QED) is 0.485. The Labute approximate surface area is 140 Å². The molecule has 124 valence electrons. The van der Waals surface area contributed by atoms with Crippen LogP contribution in [0.1, 0.15) is 70.3 Å². The van der Waals surface area contributed by atoms with Gasteiger partial charge in [-0.2, -0.15) is 0 Å². The van der Waals surface area contributed by atoms with Crippen molar-refractivity contribution in [2.24, 2.45) is 0 Å². The van der Waals surface area contributed by atoms with Crippen LogP contribution in [0.3, 0.4) is 0 Å². The maximum absolute atomic E-state index is 12.0. The van der Waals surface area contributed by atoms with Crippen LogP contribution in [0.4, 0.5) is 0 Å². The molecule has 0 aliphatic carbocycles. The summed E-state index contributed by atoms with van der Waals surface area (Å²) in [6, 6.07) is 10.4. The van der Waals surface area contributed by atoms with E-state index in [1.807, 2.05) is 12.3 Å². The molecule has 0 aliphatic heterocycles. The summed E-state index contributed by atoms with van der Waals surface area (Å²) in [5.74, 6) is 0.425. The van der Waals surface area contributed by atoms with Crippen molar-refractivity contribution in [1.82, 2.24) is 4.98 Å². The van der Waals surface area contributed by atoms with E-state index in [0.29, 0.717) is 12.2 Å². The summed E-state index contributed by atoms with van der Waals surface area (Å²) in [5.41, 5.74) is 2.34. The SMILES string of the molecule is CCCCCCCCC(=O)CCCc1cccc2cccnc12. The van der Waals surface area contributed by atoms with Gasteiger partial charge in [-0.05, 0) is 30.9 Å². The molecule has 23 heavy (non-hydrogen) atoms. The average molecular weight is 311 g/mol. The van der Waals surface area contributed by atoms with Crippen molar-refractivity contribution < 1.29 is 4.79 Å². The summed E-state index contributed by atoms with van der Waals surface area (Å²) in [7, 11) is 0. The van der Waals surface area contributed by atoms with Crippen molar-refractivity contribution in [1.29, 1.82) is 0 Å². The molecule has 1 aromatic carbocycles. The molecule has 2 rings (SSSR count). The Hall–Kier alpha value is -1.70. The second-order valence-corrected chi connectivity index (χ2v) is 6.40. The molecule has 0 atom stereocenters. The number of benzene rings is 1. The van der Waals surface area contributed by atoms with Crippen LogP contribution in [0.2, 0.25) is 0 Å². The fourth-order valence-corrected chi connectivity index (χ4v) is 3.07. The van der Waals surface area contributed by atoms with Crippen LogP contribution in [0.5, 0.6) is 0 Å². The van der Waals surface area contributed by atoms with Gasteiger partial charge in [0.25, 0.3) is 0 Å². The highest BCUT2D eigenvalue weighted by atomic mass is 16.1. The molecule has 0 radical (unpaired) electrons. The van der Waals surface area contributed by atoms with Gasteiger partial charge in [-0.1, -0.05) is 63.3 Å². The van der Waals surface area contributed by atoms with Gasteiger partial charge in [0.2, 0.25) is 0 Å². The minimum atomic E-state index is 0.425. The molecule has 1 aromatic heterocycles. The van der Waals surface area contributed by atoms with Crippen molar-refractivity contribution >= 4 is 16.7 Å². The lowest BCUT2D eigenvalue weighted by Crippen LogP contribution is -1.99. The molecule has 0 saturated carbocycles. The number of aryl methyl sites for hydroxylation is 1. The fraction of sp³-hybridized carbons (Fsp3) is 0.524. The van der Waals surface area contributed by atoms with Crippen LogP contribution in [-0.4, -0.2) is 10.8 Å². The van der Waals surface area contributed by atoms with Gasteiger partial charge in [0.15, 0.2) is 0 Å². The number of fused-ring (bicyclic) bond motifs is 1. The van der Waals surface area contributed by atoms with E-state index < -0.39 is 0 Å². The Balaban J connectivity index is 1.67. The lowest BCUT2D eigenvalue weighted by molar-refractivity contribution is -0.119. The normalized spacial score (nSPS) is 11.0. The molecule has 0 aliphatic rings. The second-order valence-electron chi connectivity index (χ2n) is 6.40. The molecule has 0 unspecified atom stereocenters. The highest BCUT2D eigenvalue weighted by Gasteiger charge is 2.05. The van der Waals surface area contributed by atoms with Crippen molar-refractivity contribution in [3.63, 3.8) is 0 Å². The first-order valence-corrected chi connectivity index (χ1v) is 9.15. The highest BCUT2D eigenvalue weighted by molar-refractivity contribution is 5.81. The second kappa shape index (κ2) is 10.1. The third-order valence-corrected chi connectivity index (χ3v) is 4.43. The molecular weight excluding hydrogens is 282 g/mol. The zero-order valence-electron chi connectivity index (χ0n) is 14.4. The molecular formula is C21H29NO. The first-order valence-electron chi connectivity index (χ1n) is 9.15. The van der Waals surface area contributed by atoms with Gasteiger partial charge in [-0.25, -0.2) is 0 Å². The minimum Gasteiger partial charge on any atom is -0.300 e. The molecule has 0 amide bonds. The molecule has 0 saturated heterocycles. The van der Waals surface area contributed by atoms with Gasteiger partial charge in [-0.3, -0.25) is 9.78 Å². The molecule has 1 heterocycles. The van der Waals surface area contributed by atoms with Gasteiger partial charge < -0.3 is 0 Å². The average Bonchev–Trinajstić information content (AvgIpc) is 2.58. The van der Waals surface area contributed by atoms with Crippen molar-refractivity contribution in [3.8, 4) is 0 Å². The molecule has 2 aromatic rings. The number of hydrogen-bond donors (Lipinski definition) is 0. The van der Waals surface area contributed by atoms with E-state index in [-0.39, 0.29) is 0 Å². The van der Waals surface area contributed by atoms with Gasteiger partial charge in [0.1, 0.15) is 5.78 Å². The molecule has 2 heteroatoms. The standard InChI is InChI=1S/C21H29NO/c1-2-3-4-5-6-7-15-20(23)16-9-13-18-11-8-12-19-14-10-17-22-21(18)19/h8,10-12,14,17H,2-7,9,13,15-16H2,1H3. The van der Waals surface area contributed by atoms with Crippen molar-refractivity contribution in [3.05, 3.63) is 42.1 Å². The number of nitrogens with zero attached hydrogens (tertiary/aromatic N) is 1. The van der Waals surface area contributed by atoms with E-state index in [1.165, 1.54) is 43.1 Å². The topological polar surface area (TPSA) is 30.0 Å². The van der Waals surface area contributed by atoms with E-state index in [0.717, 1.165) is 31.2 Å². The largest absolute Gasteiger partial charge is 0.300 e. The highest BCUT2D eigenvalue weighted by Crippen LogP contribution is 2.18. The van der Waals surface area contributed by atoms with Crippen LogP contribution in [0.25, 0.3) is 10.9 Å². The Morgan fingerprint density at radius 3 is 2.52 bits per heavy atom. The maximum Gasteiger partial charge on any atom is 0.132 e. The lowest BCUT2D eigenvalue weighted by Gasteiger charge is -2.05. The minimum absolute atomic E-state index is 0.425. The lowest BCUT2D eigenvalue weighted by atomic mass is 10.0. The van der Waals surface area contributed by atoms with Crippen molar-refractivity contribution in [2.45, 2.75) is 71.1 Å². The number of Topliss-reactive ketones (excluding diaryl/α,β-unsaturated/α-hetero) is 1. The van der Waals surface area contributed by atoms with Crippen LogP contribution >= 0.6 is 0 Å². The number of aromatic nitrogens is 1. The Kier molecular flexibility index (Phi) is 7.79. The predicted molar refractivity (Wildman–Crippen MR) is 97.7 cm³/mol. The fourth-order valence-electron chi connectivity index (χ4n) is 3.07. The van der Waals surface area contributed by atoms with Gasteiger partial charge in [0, 0.05) is 24.4 Å². The van der Waals surface area contributed by atoms with Crippen molar-refractivity contribution in [2.75, 3.05) is 0 Å². The number of para-hydroxylation sites is 1. The maximum atomic E-state index is 12.0. The smallest absolute Gasteiger partial charge is 0.132 e. The summed E-state index contributed by atoms with van der Waals surface area (Å²) >= 11 is 0. The van der Waals surface area contributed by atoms with E-state index in [9.17, 15) is 4.79 Å². The predicted octanol–water partition coefficient (Wildman–Crippen LogP) is 5.88. The molecule has 0 bridgehead atoms. The van der Waals surface area contributed by atoms with E-state index >= 15 is 0 Å². The summed E-state index contributed by atoms with van der Waals surface area (Å²) in [4.78, 5) is 16.4. The number of unbranched alkanes of at least 4 members (excludes halogenated alkanes) is 5. The number of pyridine rings is 1. The first kappa shape index (κ1) is 17.7. The zero-order valence-corrected chi connectivity index (χ0v) is 14.4. The van der Waals surface area contributed by atoms with Gasteiger partial charge in [0.05, 0.1) is 5.52 Å². The molecule has 2 nitrogen and oxygen atoms in total. The summed E-state index contributed by atoms with van der Waals surface area (Å²) < 4.78 is 0. The van der Waals surface area contributed by atoms with Gasteiger partial charge >= 0.3 is 0 Å². The number of rotatable bonds is 11. The Bertz CT molecular complexity index is 600. The van der Waals surface area contributed by atoms with Crippen LogP contribution in [-0.2, 0) is 11.2 Å². The van der Waals surface area contributed by atoms with E-state index in [2.05, 4.69) is 36.2 Å². The summed E-state index contributed by atoms with van der Waals surface area (Å²) in [6.07, 6.45) is 12.7. The van der Waals surface area contributed by atoms with Crippen LogP contribution < -0.4 is 0 Å². The van der Waals surface area contributed by atoms with E-state index in [4.69, 9.17) is 0 Å². The zero-order chi connectivity index (χ0) is 16.3. The Morgan fingerprint density at radius 1 is 0.913 bits per heavy atom. The third-order valence-electron chi connectivity index (χ3n) is 4.43. The summed E-state index contributed by atoms with van der Waals surface area (Å²) in [5, 5.41) is 1.18. The Morgan fingerprint density at radius 2 is 1.65 bits per heavy atom. The number of hydrogen-bond acceptors (Lipinski definition) is 2. The van der Waals surface area contributed by atoms with E-state index in [1.54, 1.807) is 0 Å². The molecule has 0 N–H and O–H groups in total. The monoisotopic (exact) mass is 311 g/mol. The number of carbonyl (C=O) groups excluding carboxylic acids is 1. The molecule has 0 fully saturated rings. The number of ketones is 1. The number of carbonyl (C=O) groups is 1.